The average Bonchev–Trinajstić information content (AvgIpc) is 2.76. The average molecular weight is 238 g/mol. The molecule has 1 amide bonds. The summed E-state index contributed by atoms with van der Waals surface area (Å²) in [7, 11) is 0. The lowest BCUT2D eigenvalue weighted by Crippen LogP contribution is -2.44. The van der Waals surface area contributed by atoms with Crippen LogP contribution in [0.3, 0.4) is 0 Å². The Bertz CT molecular complexity index is 314. The van der Waals surface area contributed by atoms with E-state index < -0.39 is 0 Å². The molecule has 4 nitrogen and oxygen atoms in total. The Kier molecular flexibility index (Phi) is 3.52. The van der Waals surface area contributed by atoms with Gasteiger partial charge < -0.3 is 4.74 Å². The number of carbonyl (C=O) groups is 1. The third-order valence-corrected chi connectivity index (χ3v) is 3.53. The molecule has 2 aliphatic rings. The lowest BCUT2D eigenvalue weighted by molar-refractivity contribution is -0.143. The molecule has 1 unspecified atom stereocenters. The van der Waals surface area contributed by atoms with E-state index in [0.717, 1.165) is 32.5 Å². The van der Waals surface area contributed by atoms with Gasteiger partial charge in [0.2, 0.25) is 5.91 Å². The second-order valence-corrected chi connectivity index (χ2v) is 5.95. The van der Waals surface area contributed by atoms with Crippen LogP contribution in [-0.2, 0) is 9.53 Å². The zero-order valence-corrected chi connectivity index (χ0v) is 11.0. The normalized spacial score (nSPS) is 26.5. The lowest BCUT2D eigenvalue weighted by atomic mass is 9.88. The van der Waals surface area contributed by atoms with Gasteiger partial charge in [-0.15, -0.1) is 0 Å². The van der Waals surface area contributed by atoms with Crippen molar-refractivity contribution < 1.29 is 9.53 Å². The summed E-state index contributed by atoms with van der Waals surface area (Å²) >= 11 is 0. The van der Waals surface area contributed by atoms with Crippen LogP contribution in [-0.4, -0.2) is 36.4 Å². The fraction of sp³-hybridized carbons (Fsp3) is 0.846. The molecule has 2 heterocycles. The van der Waals surface area contributed by atoms with Gasteiger partial charge >= 0.3 is 0 Å². The SMILES string of the molecule is CC(C)(C)C(=O)N1N=CCC1C1CCOCC1. The summed E-state index contributed by atoms with van der Waals surface area (Å²) in [6, 6.07) is 0.255. The molecule has 0 spiro atoms. The minimum Gasteiger partial charge on any atom is -0.381 e. The highest BCUT2D eigenvalue weighted by Crippen LogP contribution is 2.30. The molecule has 0 bridgehead atoms. The molecule has 1 atom stereocenters. The van der Waals surface area contributed by atoms with E-state index in [4.69, 9.17) is 4.74 Å². The van der Waals surface area contributed by atoms with Gasteiger partial charge in [-0.1, -0.05) is 20.8 Å². The maximum absolute atomic E-state index is 12.3. The van der Waals surface area contributed by atoms with E-state index in [1.54, 1.807) is 5.01 Å². The molecule has 0 aromatic rings. The number of hydrogen-bond acceptors (Lipinski definition) is 3. The molecule has 4 heteroatoms. The van der Waals surface area contributed by atoms with Crippen molar-refractivity contribution in [3.63, 3.8) is 0 Å². The van der Waals surface area contributed by atoms with Crippen LogP contribution in [0.25, 0.3) is 0 Å². The van der Waals surface area contributed by atoms with Crippen molar-refractivity contribution in [2.75, 3.05) is 13.2 Å². The quantitative estimate of drug-likeness (QED) is 0.701. The lowest BCUT2D eigenvalue weighted by Gasteiger charge is -2.34. The Hall–Kier alpha value is -0.900. The Morgan fingerprint density at radius 2 is 2.00 bits per heavy atom. The van der Waals surface area contributed by atoms with E-state index >= 15 is 0 Å². The first-order chi connectivity index (χ1) is 8.00. The minimum atomic E-state index is -0.356. The van der Waals surface area contributed by atoms with Gasteiger partial charge in [0.05, 0.1) is 6.04 Å². The second kappa shape index (κ2) is 4.77. The van der Waals surface area contributed by atoms with E-state index in [2.05, 4.69) is 5.10 Å². The van der Waals surface area contributed by atoms with Crippen LogP contribution < -0.4 is 0 Å². The van der Waals surface area contributed by atoms with Gasteiger partial charge in [-0.3, -0.25) is 4.79 Å². The highest BCUT2D eigenvalue weighted by Gasteiger charge is 2.38. The van der Waals surface area contributed by atoms with Gasteiger partial charge in [0.25, 0.3) is 0 Å². The van der Waals surface area contributed by atoms with E-state index in [1.165, 1.54) is 0 Å². The van der Waals surface area contributed by atoms with Crippen LogP contribution >= 0.6 is 0 Å². The molecular formula is C13H22N2O2. The van der Waals surface area contributed by atoms with E-state index in [9.17, 15) is 4.79 Å². The molecule has 96 valence electrons. The third kappa shape index (κ3) is 2.68. The fourth-order valence-corrected chi connectivity index (χ4v) is 2.47. The Balaban J connectivity index is 2.06. The van der Waals surface area contributed by atoms with Crippen LogP contribution in [0.2, 0.25) is 0 Å². The van der Waals surface area contributed by atoms with Crippen LogP contribution in [0, 0.1) is 11.3 Å². The molecule has 1 saturated heterocycles. The topological polar surface area (TPSA) is 41.9 Å². The van der Waals surface area contributed by atoms with Crippen molar-refractivity contribution in [2.45, 2.75) is 46.1 Å². The molecule has 2 rings (SSSR count). The monoisotopic (exact) mass is 238 g/mol. The molecule has 0 N–H and O–H groups in total. The van der Waals surface area contributed by atoms with E-state index in [-0.39, 0.29) is 17.4 Å². The predicted molar refractivity (Wildman–Crippen MR) is 66.7 cm³/mol. The van der Waals surface area contributed by atoms with Gasteiger partial charge in [-0.2, -0.15) is 5.10 Å². The minimum absolute atomic E-state index is 0.128. The van der Waals surface area contributed by atoms with Gasteiger partial charge in [0, 0.05) is 31.3 Å². The summed E-state index contributed by atoms with van der Waals surface area (Å²) in [4.78, 5) is 12.3. The van der Waals surface area contributed by atoms with E-state index in [1.807, 2.05) is 27.0 Å². The second-order valence-electron chi connectivity index (χ2n) is 5.95. The number of carbonyl (C=O) groups excluding carboxylic acids is 1. The van der Waals surface area contributed by atoms with Gasteiger partial charge in [-0.05, 0) is 18.8 Å². The highest BCUT2D eigenvalue weighted by atomic mass is 16.5. The van der Waals surface area contributed by atoms with Crippen LogP contribution in [0.5, 0.6) is 0 Å². The highest BCUT2D eigenvalue weighted by molar-refractivity contribution is 5.83. The van der Waals surface area contributed by atoms with Crippen molar-refractivity contribution in [1.82, 2.24) is 5.01 Å². The Labute approximate surface area is 103 Å². The van der Waals surface area contributed by atoms with Crippen molar-refractivity contribution in [3.05, 3.63) is 0 Å². The summed E-state index contributed by atoms with van der Waals surface area (Å²) in [5.41, 5.74) is -0.356. The van der Waals surface area contributed by atoms with Crippen molar-refractivity contribution in [2.24, 2.45) is 16.4 Å². The Morgan fingerprint density at radius 3 is 2.59 bits per heavy atom. The molecule has 0 saturated carbocycles. The molecule has 2 aliphatic heterocycles. The van der Waals surface area contributed by atoms with Gasteiger partial charge in [0.1, 0.15) is 0 Å². The van der Waals surface area contributed by atoms with E-state index in [0.29, 0.717) is 5.92 Å². The molecular weight excluding hydrogens is 216 g/mol. The molecule has 1 fully saturated rings. The number of amides is 1. The van der Waals surface area contributed by atoms with Crippen molar-refractivity contribution in [3.8, 4) is 0 Å². The summed E-state index contributed by atoms with van der Waals surface area (Å²) in [5, 5.41) is 5.99. The number of ether oxygens (including phenoxy) is 1. The van der Waals surface area contributed by atoms with Crippen molar-refractivity contribution >= 4 is 12.1 Å². The zero-order valence-electron chi connectivity index (χ0n) is 11.0. The third-order valence-electron chi connectivity index (χ3n) is 3.53. The first-order valence-electron chi connectivity index (χ1n) is 6.44. The molecule has 0 aromatic carbocycles. The zero-order chi connectivity index (χ0) is 12.5. The molecule has 0 aromatic heterocycles. The number of hydrazone groups is 1. The predicted octanol–water partition coefficient (Wildman–Crippen LogP) is 2.05. The van der Waals surface area contributed by atoms with Crippen LogP contribution in [0.15, 0.2) is 5.10 Å². The van der Waals surface area contributed by atoms with Crippen LogP contribution in [0.1, 0.15) is 40.0 Å². The number of nitrogens with zero attached hydrogens (tertiary/aromatic N) is 2. The maximum Gasteiger partial charge on any atom is 0.248 e. The standard InChI is InChI=1S/C13H22N2O2/c1-13(2,3)12(16)15-11(4-7-14-15)10-5-8-17-9-6-10/h7,10-11H,4-6,8-9H2,1-3H3. The molecule has 0 aliphatic carbocycles. The first kappa shape index (κ1) is 12.6. The van der Waals surface area contributed by atoms with Gasteiger partial charge in [0.15, 0.2) is 0 Å². The summed E-state index contributed by atoms with van der Waals surface area (Å²) in [5.74, 6) is 0.667. The summed E-state index contributed by atoms with van der Waals surface area (Å²) in [6.07, 6.45) is 4.86. The number of rotatable bonds is 1. The largest absolute Gasteiger partial charge is 0.381 e. The van der Waals surface area contributed by atoms with Gasteiger partial charge in [-0.25, -0.2) is 5.01 Å². The Morgan fingerprint density at radius 1 is 1.35 bits per heavy atom. The van der Waals surface area contributed by atoms with Crippen LogP contribution in [0.4, 0.5) is 0 Å². The molecule has 17 heavy (non-hydrogen) atoms. The maximum atomic E-state index is 12.3. The number of hydrogen-bond donors (Lipinski definition) is 0. The fourth-order valence-electron chi connectivity index (χ4n) is 2.47. The first-order valence-corrected chi connectivity index (χ1v) is 6.44. The molecule has 0 radical (unpaired) electrons. The summed E-state index contributed by atoms with van der Waals surface area (Å²) < 4.78 is 5.38. The van der Waals surface area contributed by atoms with Crippen molar-refractivity contribution in [1.29, 1.82) is 0 Å². The smallest absolute Gasteiger partial charge is 0.248 e. The summed E-state index contributed by atoms with van der Waals surface area (Å²) in [6.45, 7) is 7.48.